The Balaban J connectivity index is 1.99. The van der Waals surface area contributed by atoms with Gasteiger partial charge in [-0.25, -0.2) is 0 Å². The number of hydrogen-bond acceptors (Lipinski definition) is 3. The van der Waals surface area contributed by atoms with Crippen LogP contribution in [-0.4, -0.2) is 12.9 Å². The lowest BCUT2D eigenvalue weighted by atomic mass is 10.00. The first-order valence-electron chi connectivity index (χ1n) is 6.23. The number of ether oxygens (including phenoxy) is 1. The van der Waals surface area contributed by atoms with E-state index in [0.717, 1.165) is 28.7 Å². The number of fused-ring (bicyclic) bond motifs is 1. The molecule has 96 valence electrons. The summed E-state index contributed by atoms with van der Waals surface area (Å²) in [6.07, 6.45) is 2.66. The van der Waals surface area contributed by atoms with Crippen LogP contribution in [0.2, 0.25) is 0 Å². The van der Waals surface area contributed by atoms with Gasteiger partial charge in [0.15, 0.2) is 0 Å². The van der Waals surface area contributed by atoms with Crippen molar-refractivity contribution >= 4 is 12.4 Å². The van der Waals surface area contributed by atoms with Gasteiger partial charge in [0.05, 0.1) is 11.6 Å². The van der Waals surface area contributed by atoms with Crippen LogP contribution in [0, 0.1) is 11.3 Å². The van der Waals surface area contributed by atoms with E-state index in [4.69, 9.17) is 10.00 Å². The van der Waals surface area contributed by atoms with Gasteiger partial charge in [0.2, 0.25) is 0 Å². The van der Waals surface area contributed by atoms with Crippen LogP contribution < -0.4 is 4.74 Å². The largest absolute Gasteiger partial charge is 0.488 e. The van der Waals surface area contributed by atoms with Gasteiger partial charge in [-0.15, -0.1) is 0 Å². The maximum atomic E-state index is 10.7. The third kappa shape index (κ3) is 2.19. The Labute approximate surface area is 116 Å². The Morgan fingerprint density at radius 2 is 1.85 bits per heavy atom. The SMILES string of the molecule is N#Cc1ccc(-c2ccc3c(c2)OCC(C=O)=C3)cc1. The molecule has 0 saturated heterocycles. The lowest BCUT2D eigenvalue weighted by Gasteiger charge is -2.16. The molecule has 2 aromatic carbocycles. The molecule has 0 saturated carbocycles. The molecule has 0 fully saturated rings. The van der Waals surface area contributed by atoms with Gasteiger partial charge < -0.3 is 4.74 Å². The normalized spacial score (nSPS) is 12.7. The van der Waals surface area contributed by atoms with E-state index in [1.54, 1.807) is 12.1 Å². The predicted molar refractivity (Wildman–Crippen MR) is 76.1 cm³/mol. The Hall–Kier alpha value is -2.86. The van der Waals surface area contributed by atoms with Crippen molar-refractivity contribution in [2.24, 2.45) is 0 Å². The fourth-order valence-corrected chi connectivity index (χ4v) is 2.17. The molecule has 0 aromatic heterocycles. The molecule has 0 amide bonds. The van der Waals surface area contributed by atoms with Gasteiger partial charge in [-0.05, 0) is 35.4 Å². The quantitative estimate of drug-likeness (QED) is 0.780. The van der Waals surface area contributed by atoms with E-state index in [9.17, 15) is 4.79 Å². The molecule has 0 radical (unpaired) electrons. The number of hydrogen-bond donors (Lipinski definition) is 0. The molecule has 2 aromatic rings. The highest BCUT2D eigenvalue weighted by atomic mass is 16.5. The Kier molecular flexibility index (Phi) is 3.06. The Bertz CT molecular complexity index is 737. The van der Waals surface area contributed by atoms with E-state index in [1.807, 2.05) is 36.4 Å². The molecule has 0 N–H and O–H groups in total. The van der Waals surface area contributed by atoms with Crippen LogP contribution in [0.15, 0.2) is 48.0 Å². The first-order chi connectivity index (χ1) is 9.80. The van der Waals surface area contributed by atoms with Crippen molar-refractivity contribution in [1.82, 2.24) is 0 Å². The molecule has 0 aliphatic carbocycles. The standard InChI is InChI=1S/C17H11NO2/c18-9-12-1-3-14(4-2-12)15-5-6-16-7-13(10-19)11-20-17(16)8-15/h1-8,10H,11H2. The van der Waals surface area contributed by atoms with Crippen molar-refractivity contribution in [2.45, 2.75) is 0 Å². The average molecular weight is 261 g/mol. The van der Waals surface area contributed by atoms with E-state index in [0.29, 0.717) is 17.7 Å². The highest BCUT2D eigenvalue weighted by Gasteiger charge is 2.12. The van der Waals surface area contributed by atoms with Gasteiger partial charge >= 0.3 is 0 Å². The molecule has 0 spiro atoms. The summed E-state index contributed by atoms with van der Waals surface area (Å²) in [5.74, 6) is 0.775. The minimum absolute atomic E-state index is 0.313. The number of nitrogens with zero attached hydrogens (tertiary/aromatic N) is 1. The van der Waals surface area contributed by atoms with Crippen molar-refractivity contribution in [3.05, 3.63) is 59.2 Å². The van der Waals surface area contributed by atoms with Crippen LogP contribution in [0.5, 0.6) is 5.75 Å². The zero-order valence-electron chi connectivity index (χ0n) is 10.7. The van der Waals surface area contributed by atoms with Crippen molar-refractivity contribution in [3.63, 3.8) is 0 Å². The van der Waals surface area contributed by atoms with Gasteiger partial charge in [0.1, 0.15) is 18.6 Å². The van der Waals surface area contributed by atoms with E-state index >= 15 is 0 Å². The maximum absolute atomic E-state index is 10.7. The molecule has 1 aliphatic rings. The fourth-order valence-electron chi connectivity index (χ4n) is 2.17. The van der Waals surface area contributed by atoms with E-state index in [1.165, 1.54) is 0 Å². The minimum Gasteiger partial charge on any atom is -0.488 e. The Morgan fingerprint density at radius 3 is 2.55 bits per heavy atom. The molecule has 0 atom stereocenters. The van der Waals surface area contributed by atoms with Gasteiger partial charge in [-0.3, -0.25) is 4.79 Å². The number of carbonyl (C=O) groups is 1. The van der Waals surface area contributed by atoms with Crippen LogP contribution in [0.25, 0.3) is 17.2 Å². The number of aldehydes is 1. The monoisotopic (exact) mass is 261 g/mol. The molecule has 0 bridgehead atoms. The summed E-state index contributed by atoms with van der Waals surface area (Å²) in [4.78, 5) is 10.7. The smallest absolute Gasteiger partial charge is 0.149 e. The number of benzene rings is 2. The fraction of sp³-hybridized carbons (Fsp3) is 0.0588. The highest BCUT2D eigenvalue weighted by molar-refractivity contribution is 5.85. The molecule has 3 heteroatoms. The number of carbonyl (C=O) groups excluding carboxylic acids is 1. The predicted octanol–water partition coefficient (Wildman–Crippen LogP) is 3.20. The van der Waals surface area contributed by atoms with Gasteiger partial charge in [-0.2, -0.15) is 5.26 Å². The maximum Gasteiger partial charge on any atom is 0.149 e. The molecule has 3 nitrogen and oxygen atoms in total. The second-order valence-electron chi connectivity index (χ2n) is 4.57. The second-order valence-corrected chi connectivity index (χ2v) is 4.57. The number of nitriles is 1. The molecule has 1 heterocycles. The van der Waals surface area contributed by atoms with Gasteiger partial charge in [0, 0.05) is 11.1 Å². The van der Waals surface area contributed by atoms with Crippen molar-refractivity contribution in [3.8, 4) is 22.9 Å². The summed E-state index contributed by atoms with van der Waals surface area (Å²) < 4.78 is 5.58. The summed E-state index contributed by atoms with van der Waals surface area (Å²) in [5, 5.41) is 8.80. The average Bonchev–Trinajstić information content (AvgIpc) is 2.54. The zero-order chi connectivity index (χ0) is 13.9. The molecule has 3 rings (SSSR count). The topological polar surface area (TPSA) is 50.1 Å². The molecular formula is C17H11NO2. The summed E-state index contributed by atoms with van der Waals surface area (Å²) in [5.41, 5.74) is 4.25. The first kappa shape index (κ1) is 12.2. The molecule has 0 unspecified atom stereocenters. The molecule has 20 heavy (non-hydrogen) atoms. The van der Waals surface area contributed by atoms with Crippen molar-refractivity contribution < 1.29 is 9.53 Å². The lowest BCUT2D eigenvalue weighted by Crippen LogP contribution is -2.07. The van der Waals surface area contributed by atoms with Crippen LogP contribution in [0.4, 0.5) is 0 Å². The summed E-state index contributed by atoms with van der Waals surface area (Å²) >= 11 is 0. The highest BCUT2D eigenvalue weighted by Crippen LogP contribution is 2.31. The minimum atomic E-state index is 0.313. The second kappa shape index (κ2) is 5.02. The van der Waals surface area contributed by atoms with E-state index < -0.39 is 0 Å². The van der Waals surface area contributed by atoms with Gasteiger partial charge in [0.25, 0.3) is 0 Å². The van der Waals surface area contributed by atoms with E-state index in [-0.39, 0.29) is 0 Å². The summed E-state index contributed by atoms with van der Waals surface area (Å²) in [6.45, 7) is 0.313. The first-order valence-corrected chi connectivity index (χ1v) is 6.23. The zero-order valence-corrected chi connectivity index (χ0v) is 10.7. The van der Waals surface area contributed by atoms with Crippen molar-refractivity contribution in [2.75, 3.05) is 6.61 Å². The summed E-state index contributed by atoms with van der Waals surface area (Å²) in [6, 6.07) is 15.4. The summed E-state index contributed by atoms with van der Waals surface area (Å²) in [7, 11) is 0. The third-order valence-corrected chi connectivity index (χ3v) is 3.25. The Morgan fingerprint density at radius 1 is 1.10 bits per heavy atom. The van der Waals surface area contributed by atoms with Crippen molar-refractivity contribution in [1.29, 1.82) is 5.26 Å². The molecular weight excluding hydrogens is 250 g/mol. The van der Waals surface area contributed by atoms with Crippen LogP contribution in [0.3, 0.4) is 0 Å². The van der Waals surface area contributed by atoms with E-state index in [2.05, 4.69) is 6.07 Å². The van der Waals surface area contributed by atoms with Crippen LogP contribution >= 0.6 is 0 Å². The van der Waals surface area contributed by atoms with Crippen LogP contribution in [-0.2, 0) is 4.79 Å². The van der Waals surface area contributed by atoms with Gasteiger partial charge in [-0.1, -0.05) is 24.3 Å². The molecule has 1 aliphatic heterocycles. The van der Waals surface area contributed by atoms with Crippen LogP contribution in [0.1, 0.15) is 11.1 Å². The number of rotatable bonds is 2. The lowest BCUT2D eigenvalue weighted by molar-refractivity contribution is -0.105. The third-order valence-electron chi connectivity index (χ3n) is 3.25.